The Hall–Kier alpha value is -3.42. The van der Waals surface area contributed by atoms with Gasteiger partial charge in [-0.1, -0.05) is 29.8 Å². The molecule has 0 fully saturated rings. The summed E-state index contributed by atoms with van der Waals surface area (Å²) in [5.74, 6) is -0.962. The summed E-state index contributed by atoms with van der Waals surface area (Å²) < 4.78 is 31.8. The fraction of sp³-hybridized carbons (Fsp3) is 0.211. The van der Waals surface area contributed by atoms with Gasteiger partial charge in [0.15, 0.2) is 6.61 Å². The maximum absolute atomic E-state index is 12.1. The van der Waals surface area contributed by atoms with Gasteiger partial charge < -0.3 is 4.74 Å². The lowest BCUT2D eigenvalue weighted by Gasteiger charge is -2.10. The molecule has 0 aliphatic heterocycles. The Morgan fingerprint density at radius 2 is 1.69 bits per heavy atom. The number of hydrazine groups is 1. The summed E-state index contributed by atoms with van der Waals surface area (Å²) in [6, 6.07) is 14.7. The van der Waals surface area contributed by atoms with E-state index >= 15 is 0 Å². The van der Waals surface area contributed by atoms with E-state index < -0.39 is 28.4 Å². The highest BCUT2D eigenvalue weighted by Gasteiger charge is 2.14. The second-order valence-corrected chi connectivity index (χ2v) is 7.72. The van der Waals surface area contributed by atoms with Gasteiger partial charge in [-0.15, -0.1) is 0 Å². The number of ether oxygens (including phenoxy) is 1. The number of hydrogen-bond donors (Lipinski definition) is 3. The Morgan fingerprint density at radius 1 is 1.03 bits per heavy atom. The SMILES string of the molecule is Cc1ccc(S(=O)(=O)NCCC(=O)NNC(=O)COc2ccccc2C#N)cc1. The number of hydrogen-bond acceptors (Lipinski definition) is 6. The van der Waals surface area contributed by atoms with Gasteiger partial charge in [0.05, 0.1) is 10.5 Å². The molecule has 0 saturated heterocycles. The average molecular weight is 416 g/mol. The van der Waals surface area contributed by atoms with Crippen molar-refractivity contribution >= 4 is 21.8 Å². The number of aryl methyl sites for hydroxylation is 1. The van der Waals surface area contributed by atoms with Crippen molar-refractivity contribution in [2.45, 2.75) is 18.2 Å². The maximum Gasteiger partial charge on any atom is 0.276 e. The highest BCUT2D eigenvalue weighted by Crippen LogP contribution is 2.16. The van der Waals surface area contributed by atoms with E-state index in [4.69, 9.17) is 10.00 Å². The molecule has 152 valence electrons. The Labute approximate surface area is 168 Å². The van der Waals surface area contributed by atoms with Gasteiger partial charge in [0.2, 0.25) is 15.9 Å². The molecule has 0 spiro atoms. The number of nitrogens with one attached hydrogen (secondary N) is 3. The molecule has 0 bridgehead atoms. The molecule has 10 heteroatoms. The topological polar surface area (TPSA) is 137 Å². The summed E-state index contributed by atoms with van der Waals surface area (Å²) >= 11 is 0. The van der Waals surface area contributed by atoms with Crippen LogP contribution in [0.15, 0.2) is 53.4 Å². The largest absolute Gasteiger partial charge is 0.482 e. The molecule has 3 N–H and O–H groups in total. The summed E-state index contributed by atoms with van der Waals surface area (Å²) in [7, 11) is -3.71. The number of benzene rings is 2. The molecule has 0 saturated carbocycles. The van der Waals surface area contributed by atoms with Crippen LogP contribution in [0, 0.1) is 18.3 Å². The third-order valence-electron chi connectivity index (χ3n) is 3.68. The highest BCUT2D eigenvalue weighted by molar-refractivity contribution is 7.89. The van der Waals surface area contributed by atoms with Gasteiger partial charge >= 0.3 is 0 Å². The first kappa shape index (κ1) is 21.9. The predicted octanol–water partition coefficient (Wildman–Crippen LogP) is 0.762. The Kier molecular flexibility index (Phi) is 7.70. The van der Waals surface area contributed by atoms with Crippen LogP contribution in [0.2, 0.25) is 0 Å². The van der Waals surface area contributed by atoms with Crippen LogP contribution < -0.4 is 20.3 Å². The number of nitriles is 1. The van der Waals surface area contributed by atoms with Gasteiger partial charge in [0.25, 0.3) is 5.91 Å². The molecule has 0 aliphatic carbocycles. The second kappa shape index (κ2) is 10.2. The van der Waals surface area contributed by atoms with Crippen molar-refractivity contribution in [3.63, 3.8) is 0 Å². The number of carbonyl (C=O) groups is 2. The van der Waals surface area contributed by atoms with E-state index in [0.717, 1.165) is 5.56 Å². The van der Waals surface area contributed by atoms with Crippen LogP contribution in [0.1, 0.15) is 17.5 Å². The van der Waals surface area contributed by atoms with Crippen molar-refractivity contribution < 1.29 is 22.7 Å². The van der Waals surface area contributed by atoms with Crippen LogP contribution in [-0.4, -0.2) is 33.4 Å². The third kappa shape index (κ3) is 6.91. The number of para-hydroxylation sites is 1. The van der Waals surface area contributed by atoms with Crippen molar-refractivity contribution in [3.05, 3.63) is 59.7 Å². The zero-order valence-electron chi connectivity index (χ0n) is 15.6. The molecule has 0 atom stereocenters. The minimum absolute atomic E-state index is 0.103. The molecule has 2 aromatic carbocycles. The predicted molar refractivity (Wildman–Crippen MR) is 104 cm³/mol. The molecule has 0 unspecified atom stereocenters. The Balaban J connectivity index is 1.71. The Bertz CT molecular complexity index is 1010. The molecule has 0 heterocycles. The molecule has 0 radical (unpaired) electrons. The van der Waals surface area contributed by atoms with E-state index in [9.17, 15) is 18.0 Å². The van der Waals surface area contributed by atoms with Gasteiger partial charge in [-0.05, 0) is 31.2 Å². The van der Waals surface area contributed by atoms with Crippen LogP contribution >= 0.6 is 0 Å². The molecule has 29 heavy (non-hydrogen) atoms. The van der Waals surface area contributed by atoms with Crippen LogP contribution in [-0.2, 0) is 19.6 Å². The van der Waals surface area contributed by atoms with Crippen LogP contribution in [0.3, 0.4) is 0 Å². The number of carbonyl (C=O) groups excluding carboxylic acids is 2. The van der Waals surface area contributed by atoms with Crippen molar-refractivity contribution in [3.8, 4) is 11.8 Å². The van der Waals surface area contributed by atoms with E-state index in [-0.39, 0.29) is 29.2 Å². The number of sulfonamides is 1. The van der Waals surface area contributed by atoms with Gasteiger partial charge in [0, 0.05) is 13.0 Å². The zero-order chi connectivity index (χ0) is 21.3. The first-order chi connectivity index (χ1) is 13.8. The minimum Gasteiger partial charge on any atom is -0.482 e. The lowest BCUT2D eigenvalue weighted by molar-refractivity contribution is -0.129. The minimum atomic E-state index is -3.71. The van der Waals surface area contributed by atoms with Crippen molar-refractivity contribution in [2.24, 2.45) is 0 Å². The van der Waals surface area contributed by atoms with Crippen LogP contribution in [0.4, 0.5) is 0 Å². The highest BCUT2D eigenvalue weighted by atomic mass is 32.2. The first-order valence-electron chi connectivity index (χ1n) is 8.58. The lowest BCUT2D eigenvalue weighted by atomic mass is 10.2. The third-order valence-corrected chi connectivity index (χ3v) is 5.16. The van der Waals surface area contributed by atoms with E-state index in [0.29, 0.717) is 0 Å². The van der Waals surface area contributed by atoms with Gasteiger partial charge in [-0.3, -0.25) is 20.4 Å². The van der Waals surface area contributed by atoms with E-state index in [1.54, 1.807) is 36.4 Å². The van der Waals surface area contributed by atoms with Crippen molar-refractivity contribution in [1.82, 2.24) is 15.6 Å². The van der Waals surface area contributed by atoms with Crippen LogP contribution in [0.5, 0.6) is 5.75 Å². The second-order valence-electron chi connectivity index (χ2n) is 5.95. The first-order valence-corrected chi connectivity index (χ1v) is 10.1. The van der Waals surface area contributed by atoms with Crippen LogP contribution in [0.25, 0.3) is 0 Å². The molecular weight excluding hydrogens is 396 g/mol. The smallest absolute Gasteiger partial charge is 0.276 e. The van der Waals surface area contributed by atoms with Gasteiger partial charge in [-0.25, -0.2) is 13.1 Å². The van der Waals surface area contributed by atoms with E-state index in [1.807, 2.05) is 13.0 Å². The Morgan fingerprint density at radius 3 is 2.38 bits per heavy atom. The summed E-state index contributed by atoms with van der Waals surface area (Å²) in [6.07, 6.45) is -0.177. The van der Waals surface area contributed by atoms with Crippen molar-refractivity contribution in [2.75, 3.05) is 13.2 Å². The summed E-state index contributed by atoms with van der Waals surface area (Å²) in [5.41, 5.74) is 5.53. The summed E-state index contributed by atoms with van der Waals surface area (Å²) in [6.45, 7) is 1.30. The molecule has 2 aromatic rings. The average Bonchev–Trinajstić information content (AvgIpc) is 2.71. The van der Waals surface area contributed by atoms with Gasteiger partial charge in [0.1, 0.15) is 11.8 Å². The quantitative estimate of drug-likeness (QED) is 0.543. The number of rotatable bonds is 8. The monoisotopic (exact) mass is 416 g/mol. The number of amides is 2. The standard InChI is InChI=1S/C19H20N4O5S/c1-14-6-8-16(9-7-14)29(26,27)21-11-10-18(24)22-23-19(25)13-28-17-5-3-2-4-15(17)12-20/h2-9,21H,10-11,13H2,1H3,(H,22,24)(H,23,25). The fourth-order valence-electron chi connectivity index (χ4n) is 2.17. The maximum atomic E-state index is 12.1. The normalized spacial score (nSPS) is 10.6. The van der Waals surface area contributed by atoms with E-state index in [1.165, 1.54) is 12.1 Å². The molecular formula is C19H20N4O5S. The molecule has 0 aromatic heterocycles. The molecule has 2 rings (SSSR count). The summed E-state index contributed by atoms with van der Waals surface area (Å²) in [4.78, 5) is 23.6. The fourth-order valence-corrected chi connectivity index (χ4v) is 3.20. The number of nitrogens with zero attached hydrogens (tertiary/aromatic N) is 1. The lowest BCUT2D eigenvalue weighted by Crippen LogP contribution is -2.44. The summed E-state index contributed by atoms with van der Waals surface area (Å²) in [5, 5.41) is 8.95. The van der Waals surface area contributed by atoms with Crippen molar-refractivity contribution in [1.29, 1.82) is 5.26 Å². The molecule has 2 amide bonds. The molecule has 9 nitrogen and oxygen atoms in total. The zero-order valence-corrected chi connectivity index (χ0v) is 16.5. The molecule has 0 aliphatic rings. The van der Waals surface area contributed by atoms with E-state index in [2.05, 4.69) is 15.6 Å². The van der Waals surface area contributed by atoms with Gasteiger partial charge in [-0.2, -0.15) is 5.26 Å².